The van der Waals surface area contributed by atoms with Crippen molar-refractivity contribution in [3.8, 4) is 0 Å². The predicted molar refractivity (Wildman–Crippen MR) is 111 cm³/mol. The van der Waals surface area contributed by atoms with Crippen LogP contribution in [0.4, 0.5) is 4.79 Å². The number of carbonyl (C=O) groups excluding carboxylic acids is 1. The van der Waals surface area contributed by atoms with E-state index in [-0.39, 0.29) is 6.09 Å². The highest BCUT2D eigenvalue weighted by molar-refractivity contribution is 5.68. The maximum Gasteiger partial charge on any atom is 0.410 e. The van der Waals surface area contributed by atoms with Crippen LogP contribution in [0.15, 0.2) is 23.9 Å². The molecule has 2 heterocycles. The fourth-order valence-corrected chi connectivity index (χ4v) is 2.91. The lowest BCUT2D eigenvalue weighted by Gasteiger charge is -2.34. The zero-order valence-corrected chi connectivity index (χ0v) is 17.6. The minimum atomic E-state index is -0.441. The van der Waals surface area contributed by atoms with Crippen molar-refractivity contribution >= 4 is 18.7 Å². The number of hydrogen-bond donors (Lipinski definition) is 0. The minimum absolute atomic E-state index is 0.206. The Morgan fingerprint density at radius 1 is 1.23 bits per heavy atom. The maximum atomic E-state index is 12.2. The molecule has 2 rings (SSSR count). The lowest BCUT2D eigenvalue weighted by molar-refractivity contribution is 0.0188. The Labute approximate surface area is 158 Å². The smallest absolute Gasteiger partial charge is 0.410 e. The van der Waals surface area contributed by atoms with Gasteiger partial charge in [-0.25, -0.2) is 4.79 Å². The summed E-state index contributed by atoms with van der Waals surface area (Å²) in [4.78, 5) is 14.0. The van der Waals surface area contributed by atoms with Gasteiger partial charge in [-0.3, -0.25) is 0 Å². The van der Waals surface area contributed by atoms with Gasteiger partial charge in [-0.1, -0.05) is 32.1 Å². The van der Waals surface area contributed by atoms with E-state index in [2.05, 4.69) is 49.4 Å². The highest BCUT2D eigenvalue weighted by Crippen LogP contribution is 2.22. The van der Waals surface area contributed by atoms with E-state index >= 15 is 0 Å². The summed E-state index contributed by atoms with van der Waals surface area (Å²) in [5.41, 5.74) is 0.825. The van der Waals surface area contributed by atoms with Gasteiger partial charge in [-0.05, 0) is 64.8 Å². The number of aromatic nitrogens is 1. The number of ether oxygens (including phenoxy) is 1. The molecule has 1 aromatic heterocycles. The average Bonchev–Trinajstić information content (AvgIpc) is 2.94. The van der Waals surface area contributed by atoms with E-state index in [0.717, 1.165) is 36.5 Å². The van der Waals surface area contributed by atoms with Crippen LogP contribution in [0.5, 0.6) is 0 Å². The van der Waals surface area contributed by atoms with Crippen molar-refractivity contribution in [1.29, 1.82) is 0 Å². The number of carbonyl (C=O) groups is 1. The molecule has 1 saturated heterocycles. The van der Waals surface area contributed by atoms with Crippen LogP contribution in [0, 0.1) is 0 Å². The molecule has 0 bridgehead atoms. The summed E-state index contributed by atoms with van der Waals surface area (Å²) in [6, 6.07) is 2.46. The van der Waals surface area contributed by atoms with Crippen molar-refractivity contribution < 1.29 is 9.53 Å². The monoisotopic (exact) mass is 360 g/mol. The van der Waals surface area contributed by atoms with Crippen molar-refractivity contribution in [2.45, 2.75) is 73.0 Å². The average molecular weight is 361 g/mol. The summed E-state index contributed by atoms with van der Waals surface area (Å²) in [5.74, 6) is 0. The summed E-state index contributed by atoms with van der Waals surface area (Å²) >= 11 is 0. The van der Waals surface area contributed by atoms with E-state index in [1.807, 2.05) is 39.5 Å². The first-order valence-corrected chi connectivity index (χ1v) is 9.66. The quantitative estimate of drug-likeness (QED) is 0.790. The van der Waals surface area contributed by atoms with Gasteiger partial charge >= 0.3 is 6.09 Å². The number of rotatable bonds is 2. The third-order valence-corrected chi connectivity index (χ3v) is 4.13. The van der Waals surface area contributed by atoms with Crippen molar-refractivity contribution in [2.24, 2.45) is 0 Å². The second kappa shape index (κ2) is 9.65. The first kappa shape index (κ1) is 22.1. The molecule has 0 saturated carbocycles. The Hall–Kier alpha value is -1.97. The highest BCUT2D eigenvalue weighted by Gasteiger charge is 2.27. The molecule has 0 aromatic carbocycles. The Morgan fingerprint density at radius 2 is 1.81 bits per heavy atom. The molecule has 0 unspecified atom stereocenters. The summed E-state index contributed by atoms with van der Waals surface area (Å²) in [7, 11) is 0. The number of hydrogen-bond acceptors (Lipinski definition) is 2. The standard InChI is InChI=1S/C20H30N2O2.C2H6/c1-15(2)7-8-18-16(3)9-14-22(18)17-10-12-21(13-11-17)19(23)24-20(4,5)6;1-2/h7-9,14,17H,3,10-13H2,1-2,4-6H3;1-2H3/b18-8+;. The van der Waals surface area contributed by atoms with Crippen LogP contribution in [0.2, 0.25) is 0 Å². The topological polar surface area (TPSA) is 34.5 Å². The van der Waals surface area contributed by atoms with Crippen LogP contribution in [0.3, 0.4) is 0 Å². The number of allylic oxidation sites excluding steroid dienone is 2. The Kier molecular flexibility index (Phi) is 8.19. The molecular formula is C22H36N2O2. The molecule has 0 N–H and O–H groups in total. The minimum Gasteiger partial charge on any atom is -0.444 e. The highest BCUT2D eigenvalue weighted by atomic mass is 16.6. The maximum absolute atomic E-state index is 12.2. The largest absolute Gasteiger partial charge is 0.444 e. The van der Waals surface area contributed by atoms with Gasteiger partial charge in [0.15, 0.2) is 0 Å². The van der Waals surface area contributed by atoms with Crippen molar-refractivity contribution in [1.82, 2.24) is 9.47 Å². The van der Waals surface area contributed by atoms with Gasteiger partial charge in [0.05, 0.1) is 0 Å². The lowest BCUT2D eigenvalue weighted by atomic mass is 10.1. The fraction of sp³-hybridized carbons (Fsp3) is 0.591. The second-order valence-corrected chi connectivity index (χ2v) is 7.74. The van der Waals surface area contributed by atoms with Gasteiger partial charge in [0.1, 0.15) is 5.60 Å². The number of piperidine rings is 1. The van der Waals surface area contributed by atoms with E-state index in [1.165, 1.54) is 5.57 Å². The summed E-state index contributed by atoms with van der Waals surface area (Å²) in [6.45, 7) is 19.5. The van der Waals surface area contributed by atoms with E-state index in [9.17, 15) is 4.79 Å². The molecule has 0 spiro atoms. The van der Waals surface area contributed by atoms with Gasteiger partial charge in [0.25, 0.3) is 0 Å². The molecule has 26 heavy (non-hydrogen) atoms. The number of likely N-dealkylation sites (tertiary alicyclic amines) is 1. The van der Waals surface area contributed by atoms with Crippen molar-refractivity contribution in [3.05, 3.63) is 34.5 Å². The van der Waals surface area contributed by atoms with Crippen LogP contribution in [0.25, 0.3) is 12.7 Å². The number of amides is 1. The first-order chi connectivity index (χ1) is 12.2. The molecule has 0 radical (unpaired) electrons. The van der Waals surface area contributed by atoms with Crippen molar-refractivity contribution in [2.75, 3.05) is 13.1 Å². The third kappa shape index (κ3) is 6.40. The van der Waals surface area contributed by atoms with Crippen molar-refractivity contribution in [3.63, 3.8) is 0 Å². The Balaban J connectivity index is 0.00000163. The van der Waals surface area contributed by atoms with E-state index < -0.39 is 5.60 Å². The molecular weight excluding hydrogens is 324 g/mol. The van der Waals surface area contributed by atoms with Gasteiger partial charge < -0.3 is 14.2 Å². The first-order valence-electron chi connectivity index (χ1n) is 9.66. The molecule has 0 aliphatic carbocycles. The molecule has 1 aromatic rings. The van der Waals surface area contributed by atoms with Gasteiger partial charge in [0, 0.05) is 30.7 Å². The summed E-state index contributed by atoms with van der Waals surface area (Å²) in [6.07, 6.45) is 8.03. The molecule has 1 amide bonds. The predicted octanol–water partition coefficient (Wildman–Crippen LogP) is 4.24. The third-order valence-electron chi connectivity index (χ3n) is 4.13. The molecule has 4 nitrogen and oxygen atoms in total. The SMILES string of the molecule is C=c1ccn(C2CCN(C(=O)OC(C)(C)C)CC2)/c1=C/C=C(C)C.CC. The zero-order chi connectivity index (χ0) is 19.9. The molecule has 4 heteroatoms. The summed E-state index contributed by atoms with van der Waals surface area (Å²) < 4.78 is 7.77. The van der Waals surface area contributed by atoms with E-state index in [4.69, 9.17) is 4.74 Å². The van der Waals surface area contributed by atoms with Crippen LogP contribution in [0.1, 0.15) is 67.3 Å². The molecule has 0 atom stereocenters. The lowest BCUT2D eigenvalue weighted by Crippen LogP contribution is -2.43. The normalized spacial score (nSPS) is 16.0. The van der Waals surface area contributed by atoms with E-state index in [0.29, 0.717) is 6.04 Å². The van der Waals surface area contributed by atoms with Crippen LogP contribution in [-0.2, 0) is 4.74 Å². The molecule has 1 fully saturated rings. The van der Waals surface area contributed by atoms with E-state index in [1.54, 1.807) is 0 Å². The molecule has 146 valence electrons. The van der Waals surface area contributed by atoms with Gasteiger partial charge in [-0.15, -0.1) is 0 Å². The van der Waals surface area contributed by atoms with Crippen LogP contribution < -0.4 is 10.6 Å². The number of nitrogens with zero attached hydrogens (tertiary/aromatic N) is 2. The summed E-state index contributed by atoms with van der Waals surface area (Å²) in [5, 5.41) is 2.20. The fourth-order valence-electron chi connectivity index (χ4n) is 2.91. The van der Waals surface area contributed by atoms with Crippen LogP contribution >= 0.6 is 0 Å². The second-order valence-electron chi connectivity index (χ2n) is 7.74. The molecule has 1 aliphatic rings. The Morgan fingerprint density at radius 3 is 2.31 bits per heavy atom. The van der Waals surface area contributed by atoms with Gasteiger partial charge in [-0.2, -0.15) is 0 Å². The zero-order valence-electron chi connectivity index (χ0n) is 17.6. The molecule has 1 aliphatic heterocycles. The Bertz CT molecular complexity index is 710. The van der Waals surface area contributed by atoms with Crippen LogP contribution in [-0.4, -0.2) is 34.3 Å². The van der Waals surface area contributed by atoms with Gasteiger partial charge in [0.2, 0.25) is 0 Å².